The first-order valence-corrected chi connectivity index (χ1v) is 6.25. The Labute approximate surface area is 115 Å². The van der Waals surface area contributed by atoms with E-state index in [0.717, 1.165) is 11.8 Å². The van der Waals surface area contributed by atoms with Crippen LogP contribution in [-0.2, 0) is 19.2 Å². The minimum atomic E-state index is -1.20. The average Bonchev–Trinajstić information content (AvgIpc) is 2.13. The summed E-state index contributed by atoms with van der Waals surface area (Å²) >= 11 is 0.758. The molecule has 0 rings (SSSR count). The summed E-state index contributed by atoms with van der Waals surface area (Å²) in [5, 5.41) is 16.3. The molecule has 0 aliphatic carbocycles. The number of carboxylic acids is 2. The number of aliphatic carboxylic acids is 2. The Kier molecular flexibility index (Phi) is 9.75. The molecule has 0 spiro atoms. The van der Waals surface area contributed by atoms with Crippen LogP contribution in [0.3, 0.4) is 0 Å². The molecule has 0 saturated heterocycles. The topological polar surface area (TPSA) is 135 Å². The molecule has 0 radical (unpaired) electrons. The lowest BCUT2D eigenvalue weighted by Crippen LogP contribution is -2.22. The van der Waals surface area contributed by atoms with Crippen molar-refractivity contribution in [3.05, 3.63) is 0 Å². The molecule has 4 N–H and O–H groups in total. The Hall–Kier alpha value is -1.57. The van der Waals surface area contributed by atoms with Crippen LogP contribution >= 0.6 is 11.8 Å². The molecule has 0 aromatic rings. The summed E-state index contributed by atoms with van der Waals surface area (Å²) in [7, 11) is 0. The average molecular weight is 293 g/mol. The summed E-state index contributed by atoms with van der Waals surface area (Å²) < 4.78 is -0.766. The van der Waals surface area contributed by atoms with Crippen LogP contribution in [0.5, 0.6) is 0 Å². The summed E-state index contributed by atoms with van der Waals surface area (Å²) in [6.45, 7) is 4.90. The third-order valence-corrected chi connectivity index (χ3v) is 2.68. The van der Waals surface area contributed by atoms with Crippen LogP contribution in [0.15, 0.2) is 0 Å². The van der Waals surface area contributed by atoms with Gasteiger partial charge < -0.3 is 15.9 Å². The Balaban J connectivity index is 0. The van der Waals surface area contributed by atoms with Crippen molar-refractivity contribution >= 4 is 34.7 Å². The molecule has 110 valence electrons. The summed E-state index contributed by atoms with van der Waals surface area (Å²) in [6.07, 6.45) is -0.309. The summed E-state index contributed by atoms with van der Waals surface area (Å²) in [5.41, 5.74) is 4.65. The van der Waals surface area contributed by atoms with E-state index in [9.17, 15) is 19.2 Å². The largest absolute Gasteiger partial charge is 0.481 e. The zero-order chi connectivity index (χ0) is 15.6. The van der Waals surface area contributed by atoms with E-state index in [4.69, 9.17) is 10.2 Å². The third-order valence-electron chi connectivity index (χ3n) is 1.61. The van der Waals surface area contributed by atoms with Gasteiger partial charge in [0.15, 0.2) is 0 Å². The first kappa shape index (κ1) is 19.8. The zero-order valence-corrected chi connectivity index (χ0v) is 12.0. The van der Waals surface area contributed by atoms with Crippen molar-refractivity contribution in [3.8, 4) is 0 Å². The number of carbonyl (C=O) groups is 4. The lowest BCUT2D eigenvalue weighted by molar-refractivity contribution is -0.139. The lowest BCUT2D eigenvalue weighted by Gasteiger charge is -2.19. The molecule has 0 aliphatic heterocycles. The van der Waals surface area contributed by atoms with Crippen LogP contribution in [0.1, 0.15) is 40.0 Å². The van der Waals surface area contributed by atoms with Gasteiger partial charge in [0.2, 0.25) is 11.0 Å². The maximum Gasteiger partial charge on any atom is 0.311 e. The summed E-state index contributed by atoms with van der Waals surface area (Å²) in [5.74, 6) is -2.45. The molecule has 1 amide bonds. The van der Waals surface area contributed by atoms with E-state index >= 15 is 0 Å². The zero-order valence-electron chi connectivity index (χ0n) is 11.1. The number of carbonyl (C=O) groups excluding carboxylic acids is 2. The highest BCUT2D eigenvalue weighted by Crippen LogP contribution is 2.29. The first-order chi connectivity index (χ1) is 8.50. The fraction of sp³-hybridized carbons (Fsp3) is 0.636. The van der Waals surface area contributed by atoms with Crippen molar-refractivity contribution in [1.82, 2.24) is 0 Å². The minimum Gasteiger partial charge on any atom is -0.481 e. The molecule has 19 heavy (non-hydrogen) atoms. The van der Waals surface area contributed by atoms with Crippen LogP contribution < -0.4 is 5.73 Å². The van der Waals surface area contributed by atoms with Crippen LogP contribution in [-0.4, -0.2) is 37.9 Å². The maximum absolute atomic E-state index is 11.0. The number of hydrogen-bond acceptors (Lipinski definition) is 5. The SMILES string of the molecule is CC(C)(CC(=O)O)SC(=O)CC(=O)O.CCC(N)=O. The van der Waals surface area contributed by atoms with Gasteiger partial charge >= 0.3 is 11.9 Å². The molecule has 0 atom stereocenters. The fourth-order valence-electron chi connectivity index (χ4n) is 0.868. The van der Waals surface area contributed by atoms with Gasteiger partial charge in [-0.2, -0.15) is 0 Å². The van der Waals surface area contributed by atoms with Crippen molar-refractivity contribution in [3.63, 3.8) is 0 Å². The number of thioether (sulfide) groups is 1. The number of carboxylic acid groups (broad SMARTS) is 2. The Morgan fingerprint density at radius 1 is 1.11 bits per heavy atom. The standard InChI is InChI=1S/C8H12O5S.C3H7NO/c1-8(2,4-6(11)12)14-7(13)3-5(9)10;1-2-3(4)5/h3-4H2,1-2H3,(H,9,10)(H,11,12);2H2,1H3,(H2,4,5). The van der Waals surface area contributed by atoms with Gasteiger partial charge in [-0.1, -0.05) is 18.7 Å². The molecular weight excluding hydrogens is 274 g/mol. The monoisotopic (exact) mass is 293 g/mol. The molecule has 0 aliphatic rings. The van der Waals surface area contributed by atoms with Gasteiger partial charge in [0, 0.05) is 11.2 Å². The van der Waals surface area contributed by atoms with Crippen molar-refractivity contribution in [1.29, 1.82) is 0 Å². The third kappa shape index (κ3) is 16.4. The molecule has 0 saturated carbocycles. The predicted molar refractivity (Wildman–Crippen MR) is 70.7 cm³/mol. The molecule has 7 nitrogen and oxygen atoms in total. The van der Waals surface area contributed by atoms with Crippen molar-refractivity contribution in [2.45, 2.75) is 44.8 Å². The lowest BCUT2D eigenvalue weighted by atomic mass is 10.1. The van der Waals surface area contributed by atoms with Crippen LogP contribution in [0.25, 0.3) is 0 Å². The number of nitrogens with two attached hydrogens (primary N) is 1. The Morgan fingerprint density at radius 2 is 1.53 bits per heavy atom. The molecule has 0 heterocycles. The fourth-order valence-corrected chi connectivity index (χ4v) is 1.88. The normalized spacial score (nSPS) is 10.1. The van der Waals surface area contributed by atoms with Crippen LogP contribution in [0, 0.1) is 0 Å². The molecule has 0 bridgehead atoms. The van der Waals surface area contributed by atoms with Crippen molar-refractivity contribution < 1.29 is 29.4 Å². The highest BCUT2D eigenvalue weighted by Gasteiger charge is 2.26. The minimum absolute atomic E-state index is 0.178. The van der Waals surface area contributed by atoms with E-state index in [2.05, 4.69) is 5.73 Å². The van der Waals surface area contributed by atoms with Crippen LogP contribution in [0.2, 0.25) is 0 Å². The van der Waals surface area contributed by atoms with E-state index in [1.807, 2.05) is 0 Å². The van der Waals surface area contributed by atoms with E-state index in [0.29, 0.717) is 6.42 Å². The van der Waals surface area contributed by atoms with E-state index in [1.54, 1.807) is 20.8 Å². The molecule has 0 aromatic carbocycles. The van der Waals surface area contributed by atoms with Gasteiger partial charge in [0.05, 0.1) is 6.42 Å². The molecule has 0 aromatic heterocycles. The quantitative estimate of drug-likeness (QED) is 0.618. The maximum atomic E-state index is 11.0. The second kappa shape index (κ2) is 9.37. The van der Waals surface area contributed by atoms with E-state index in [1.165, 1.54) is 0 Å². The van der Waals surface area contributed by atoms with Crippen molar-refractivity contribution in [2.75, 3.05) is 0 Å². The second-order valence-electron chi connectivity index (χ2n) is 4.19. The second-order valence-corrected chi connectivity index (χ2v) is 5.96. The molecular formula is C11H19NO6S. The first-order valence-electron chi connectivity index (χ1n) is 5.44. The number of amides is 1. The van der Waals surface area contributed by atoms with Gasteiger partial charge in [-0.15, -0.1) is 0 Å². The molecule has 0 fully saturated rings. The Morgan fingerprint density at radius 3 is 1.79 bits per heavy atom. The van der Waals surface area contributed by atoms with E-state index < -0.39 is 28.2 Å². The van der Waals surface area contributed by atoms with Crippen molar-refractivity contribution in [2.24, 2.45) is 5.73 Å². The highest BCUT2D eigenvalue weighted by molar-refractivity contribution is 8.14. The molecule has 0 unspecified atom stereocenters. The number of primary amides is 1. The van der Waals surface area contributed by atoms with E-state index in [-0.39, 0.29) is 12.3 Å². The van der Waals surface area contributed by atoms with Gasteiger partial charge in [-0.3, -0.25) is 19.2 Å². The molecule has 8 heteroatoms. The van der Waals surface area contributed by atoms with Crippen LogP contribution in [0.4, 0.5) is 0 Å². The Bertz CT molecular complexity index is 353. The van der Waals surface area contributed by atoms with Gasteiger partial charge in [-0.25, -0.2) is 0 Å². The van der Waals surface area contributed by atoms with Gasteiger partial charge in [-0.05, 0) is 13.8 Å². The predicted octanol–water partition coefficient (Wildman–Crippen LogP) is 0.856. The summed E-state index contributed by atoms with van der Waals surface area (Å²) in [4.78, 5) is 41.2. The van der Waals surface area contributed by atoms with Gasteiger partial charge in [0.25, 0.3) is 0 Å². The summed E-state index contributed by atoms with van der Waals surface area (Å²) in [6, 6.07) is 0. The highest BCUT2D eigenvalue weighted by atomic mass is 32.2. The smallest absolute Gasteiger partial charge is 0.311 e. The number of hydrogen-bond donors (Lipinski definition) is 3. The van der Waals surface area contributed by atoms with Gasteiger partial charge in [0.1, 0.15) is 6.42 Å². The number of rotatable bonds is 6.